The van der Waals surface area contributed by atoms with E-state index >= 15 is 0 Å². The van der Waals surface area contributed by atoms with E-state index in [0.29, 0.717) is 44.2 Å². The lowest BCUT2D eigenvalue weighted by Gasteiger charge is -2.14. The van der Waals surface area contributed by atoms with Crippen LogP contribution in [0.15, 0.2) is 41.2 Å². The molecule has 0 radical (unpaired) electrons. The molecule has 152 valence electrons. The molecule has 2 N–H and O–H groups in total. The molecule has 1 aliphatic heterocycles. The molecule has 0 saturated carbocycles. The van der Waals surface area contributed by atoms with Gasteiger partial charge in [-0.25, -0.2) is 14.2 Å². The molecule has 3 heterocycles. The lowest BCUT2D eigenvalue weighted by Crippen LogP contribution is -2.27. The van der Waals surface area contributed by atoms with Crippen LogP contribution >= 0.6 is 0 Å². The van der Waals surface area contributed by atoms with Crippen LogP contribution in [0, 0.1) is 5.82 Å². The van der Waals surface area contributed by atoms with Gasteiger partial charge >= 0.3 is 6.03 Å². The number of oxazole rings is 1. The predicted octanol–water partition coefficient (Wildman–Crippen LogP) is 2.99. The van der Waals surface area contributed by atoms with Crippen LogP contribution in [-0.2, 0) is 11.3 Å². The smallest absolute Gasteiger partial charge is 0.321 e. The minimum absolute atomic E-state index is 0.228. The van der Waals surface area contributed by atoms with Crippen molar-refractivity contribution in [1.82, 2.24) is 20.1 Å². The highest BCUT2D eigenvalue weighted by atomic mass is 19.1. The number of rotatable bonds is 8. The Balaban J connectivity index is 1.44. The number of halogens is 1. The summed E-state index contributed by atoms with van der Waals surface area (Å²) in [5.74, 6) is -0.209. The van der Waals surface area contributed by atoms with Gasteiger partial charge in [-0.15, -0.1) is 0 Å². The summed E-state index contributed by atoms with van der Waals surface area (Å²) < 4.78 is 27.3. The number of aromatic nitrogens is 3. The van der Waals surface area contributed by atoms with Crippen molar-refractivity contribution >= 4 is 23.4 Å². The first-order valence-electron chi connectivity index (χ1n) is 9.32. The second kappa shape index (κ2) is 8.31. The van der Waals surface area contributed by atoms with Crippen molar-refractivity contribution in [2.75, 3.05) is 36.5 Å². The molecule has 1 aliphatic rings. The molecule has 0 atom stereocenters. The number of carbonyl (C=O) groups is 1. The summed E-state index contributed by atoms with van der Waals surface area (Å²) in [6.45, 7) is 4.87. The zero-order valence-electron chi connectivity index (χ0n) is 15.9. The molecule has 0 spiro atoms. The molecule has 2 amide bonds. The monoisotopic (exact) mass is 400 g/mol. The summed E-state index contributed by atoms with van der Waals surface area (Å²) in [5, 5.41) is 9.92. The minimum Gasteiger partial charge on any atom is -0.423 e. The highest BCUT2D eigenvalue weighted by molar-refractivity contribution is 5.94. The molecule has 1 saturated heterocycles. The standard InChI is InChI=1S/C19H21FN6O3/c1-2-28-8-7-25-12-13(10-23-25)24-18-22-11-17(29-18)15-4-3-14(9-16(15)20)26-6-5-21-19(26)27/h3-4,9-12H,2,5-8H2,1H3,(H,21,27)(H,22,24). The minimum atomic E-state index is -0.492. The summed E-state index contributed by atoms with van der Waals surface area (Å²) >= 11 is 0. The van der Waals surface area contributed by atoms with Crippen LogP contribution in [0.2, 0.25) is 0 Å². The van der Waals surface area contributed by atoms with Gasteiger partial charge in [-0.2, -0.15) is 5.10 Å². The number of benzene rings is 1. The van der Waals surface area contributed by atoms with Crippen LogP contribution in [0.25, 0.3) is 11.3 Å². The molecule has 4 rings (SSSR count). The first-order valence-corrected chi connectivity index (χ1v) is 9.32. The Bertz CT molecular complexity index is 1000. The van der Waals surface area contributed by atoms with Crippen molar-refractivity contribution in [2.24, 2.45) is 0 Å². The molecule has 0 bridgehead atoms. The van der Waals surface area contributed by atoms with Crippen molar-refractivity contribution < 1.29 is 18.3 Å². The van der Waals surface area contributed by atoms with E-state index in [4.69, 9.17) is 9.15 Å². The third-order valence-electron chi connectivity index (χ3n) is 4.45. The number of nitrogens with one attached hydrogen (secondary N) is 2. The number of anilines is 3. The van der Waals surface area contributed by atoms with Gasteiger partial charge < -0.3 is 19.8 Å². The Kier molecular flexibility index (Phi) is 5.43. The number of nitrogens with zero attached hydrogens (tertiary/aromatic N) is 4. The van der Waals surface area contributed by atoms with Gasteiger partial charge in [0, 0.05) is 31.6 Å². The lowest BCUT2D eigenvalue weighted by atomic mass is 10.1. The van der Waals surface area contributed by atoms with E-state index in [1.807, 2.05) is 6.92 Å². The van der Waals surface area contributed by atoms with Crippen LogP contribution in [0.3, 0.4) is 0 Å². The zero-order chi connectivity index (χ0) is 20.2. The fourth-order valence-electron chi connectivity index (χ4n) is 3.02. The molecule has 1 aromatic carbocycles. The molecule has 3 aromatic rings. The second-order valence-electron chi connectivity index (χ2n) is 6.39. The Morgan fingerprint density at radius 3 is 3.03 bits per heavy atom. The van der Waals surface area contributed by atoms with Crippen LogP contribution in [0.1, 0.15) is 6.92 Å². The molecular weight excluding hydrogens is 379 g/mol. The first-order chi connectivity index (χ1) is 14.1. The lowest BCUT2D eigenvalue weighted by molar-refractivity contribution is 0.136. The van der Waals surface area contributed by atoms with Crippen molar-refractivity contribution in [3.05, 3.63) is 42.6 Å². The normalized spacial score (nSPS) is 13.7. The van der Waals surface area contributed by atoms with Crippen LogP contribution in [0.4, 0.5) is 26.6 Å². The molecule has 1 fully saturated rings. The maximum absolute atomic E-state index is 14.6. The fourth-order valence-corrected chi connectivity index (χ4v) is 3.02. The second-order valence-corrected chi connectivity index (χ2v) is 6.39. The van der Waals surface area contributed by atoms with Gasteiger partial charge in [0.2, 0.25) is 0 Å². The van der Waals surface area contributed by atoms with Crippen molar-refractivity contribution in [2.45, 2.75) is 13.5 Å². The Hall–Kier alpha value is -3.40. The Morgan fingerprint density at radius 1 is 1.38 bits per heavy atom. The van der Waals surface area contributed by atoms with Crippen LogP contribution < -0.4 is 15.5 Å². The van der Waals surface area contributed by atoms with Crippen molar-refractivity contribution in [3.8, 4) is 11.3 Å². The molecule has 0 aliphatic carbocycles. The van der Waals surface area contributed by atoms with Gasteiger partial charge in [0.25, 0.3) is 6.01 Å². The van der Waals surface area contributed by atoms with E-state index in [2.05, 4.69) is 20.7 Å². The summed E-state index contributed by atoms with van der Waals surface area (Å²) in [4.78, 5) is 17.4. The molecule has 0 unspecified atom stereocenters. The van der Waals surface area contributed by atoms with Crippen molar-refractivity contribution in [3.63, 3.8) is 0 Å². The van der Waals surface area contributed by atoms with Crippen LogP contribution in [-0.4, -0.2) is 47.1 Å². The Morgan fingerprint density at radius 2 is 2.28 bits per heavy atom. The maximum Gasteiger partial charge on any atom is 0.321 e. The van der Waals surface area contributed by atoms with E-state index < -0.39 is 5.82 Å². The summed E-state index contributed by atoms with van der Waals surface area (Å²) in [7, 11) is 0. The third-order valence-corrected chi connectivity index (χ3v) is 4.45. The van der Waals surface area contributed by atoms with E-state index in [-0.39, 0.29) is 23.4 Å². The average molecular weight is 400 g/mol. The number of urea groups is 1. The van der Waals surface area contributed by atoms with Gasteiger partial charge in [0.15, 0.2) is 5.76 Å². The molecule has 10 heteroatoms. The number of ether oxygens (including phenoxy) is 1. The largest absolute Gasteiger partial charge is 0.423 e. The number of hydrogen-bond donors (Lipinski definition) is 2. The molecular formula is C19H21FN6O3. The predicted molar refractivity (Wildman–Crippen MR) is 105 cm³/mol. The topological polar surface area (TPSA) is 97.5 Å². The third kappa shape index (κ3) is 4.21. The highest BCUT2D eigenvalue weighted by Crippen LogP contribution is 2.29. The van der Waals surface area contributed by atoms with Gasteiger partial charge in [0.1, 0.15) is 5.82 Å². The molecule has 2 aromatic heterocycles. The molecule has 29 heavy (non-hydrogen) atoms. The van der Waals surface area contributed by atoms with E-state index in [0.717, 1.165) is 0 Å². The van der Waals surface area contributed by atoms with E-state index in [1.165, 1.54) is 17.2 Å². The van der Waals surface area contributed by atoms with E-state index in [1.54, 1.807) is 29.2 Å². The maximum atomic E-state index is 14.6. The van der Waals surface area contributed by atoms with E-state index in [9.17, 15) is 9.18 Å². The first kappa shape index (κ1) is 18.9. The number of hydrogen-bond acceptors (Lipinski definition) is 6. The van der Waals surface area contributed by atoms with Gasteiger partial charge in [-0.1, -0.05) is 0 Å². The summed E-state index contributed by atoms with van der Waals surface area (Å²) in [6.07, 6.45) is 4.90. The average Bonchev–Trinajstić information content (AvgIpc) is 3.44. The van der Waals surface area contributed by atoms with Crippen LogP contribution in [0.5, 0.6) is 0 Å². The molecule has 9 nitrogen and oxygen atoms in total. The van der Waals surface area contributed by atoms with Gasteiger partial charge in [-0.3, -0.25) is 9.58 Å². The van der Waals surface area contributed by atoms with Crippen molar-refractivity contribution in [1.29, 1.82) is 0 Å². The SMILES string of the molecule is CCOCCn1cc(Nc2ncc(-c3ccc(N4CCNC4=O)cc3F)o2)cn1. The van der Waals surface area contributed by atoms with Gasteiger partial charge in [-0.05, 0) is 25.1 Å². The fraction of sp³-hybridized carbons (Fsp3) is 0.316. The summed E-state index contributed by atoms with van der Waals surface area (Å²) in [5.41, 5.74) is 1.46. The highest BCUT2D eigenvalue weighted by Gasteiger charge is 2.22. The quantitative estimate of drug-likeness (QED) is 0.564. The number of amides is 2. The van der Waals surface area contributed by atoms with Gasteiger partial charge in [0.05, 0.1) is 36.8 Å². The number of carbonyl (C=O) groups excluding carboxylic acids is 1. The Labute approximate surface area is 166 Å². The summed E-state index contributed by atoms with van der Waals surface area (Å²) in [6, 6.07) is 4.57. The zero-order valence-corrected chi connectivity index (χ0v) is 15.9.